The molecular weight excluding hydrogens is 263 g/mol. The van der Waals surface area contributed by atoms with Gasteiger partial charge in [-0.2, -0.15) is 0 Å². The van der Waals surface area contributed by atoms with Crippen molar-refractivity contribution in [2.75, 3.05) is 6.61 Å². The van der Waals surface area contributed by atoms with Crippen molar-refractivity contribution in [1.82, 2.24) is 0 Å². The van der Waals surface area contributed by atoms with Gasteiger partial charge in [-0.1, -0.05) is 0 Å². The minimum Gasteiger partial charge on any atom is -0.487 e. The van der Waals surface area contributed by atoms with Crippen molar-refractivity contribution in [3.8, 4) is 5.75 Å². The van der Waals surface area contributed by atoms with E-state index in [1.165, 1.54) is 18.6 Å². The van der Waals surface area contributed by atoms with Crippen LogP contribution in [0, 0.1) is 5.82 Å². The Kier molecular flexibility index (Phi) is 3.38. The molecule has 3 rings (SSSR count). The molecule has 1 saturated heterocycles. The van der Waals surface area contributed by atoms with Gasteiger partial charge in [0, 0.05) is 12.8 Å². The maximum absolute atomic E-state index is 13.8. The van der Waals surface area contributed by atoms with Gasteiger partial charge in [0.25, 0.3) is 0 Å². The van der Waals surface area contributed by atoms with E-state index in [0.29, 0.717) is 6.61 Å². The average Bonchev–Trinajstić information content (AvgIpc) is 2.39. The molecule has 1 saturated carbocycles. The zero-order chi connectivity index (χ0) is 14.2. The maximum atomic E-state index is 13.8. The average molecular weight is 280 g/mol. The predicted octanol–water partition coefficient (Wildman–Crippen LogP) is 3.00. The monoisotopic (exact) mass is 280 g/mol. The van der Waals surface area contributed by atoms with E-state index in [1.807, 2.05) is 0 Å². The van der Waals surface area contributed by atoms with Gasteiger partial charge in [0.05, 0.1) is 17.8 Å². The summed E-state index contributed by atoms with van der Waals surface area (Å²) >= 11 is 0. The minimum atomic E-state index is -1.14. The summed E-state index contributed by atoms with van der Waals surface area (Å²) in [6.07, 6.45) is 4.73. The Bertz CT molecular complexity index is 525. The fourth-order valence-electron chi connectivity index (χ4n) is 2.91. The molecule has 1 spiro atoms. The number of carbonyl (C=O) groups is 1. The lowest BCUT2D eigenvalue weighted by atomic mass is 9.74. The lowest BCUT2D eigenvalue weighted by Gasteiger charge is -2.46. The molecule has 2 fully saturated rings. The molecule has 1 N–H and O–H groups in total. The molecule has 1 aliphatic carbocycles. The molecule has 0 bridgehead atoms. The lowest BCUT2D eigenvalue weighted by molar-refractivity contribution is -0.153. The van der Waals surface area contributed by atoms with Crippen LogP contribution in [0.1, 0.15) is 42.5 Å². The van der Waals surface area contributed by atoms with Crippen molar-refractivity contribution in [2.24, 2.45) is 0 Å². The van der Waals surface area contributed by atoms with Crippen molar-refractivity contribution >= 4 is 5.97 Å². The van der Waals surface area contributed by atoms with E-state index in [0.717, 1.165) is 31.7 Å². The Morgan fingerprint density at radius 2 is 2.25 bits per heavy atom. The molecule has 0 aromatic heterocycles. The first-order valence-corrected chi connectivity index (χ1v) is 6.91. The summed E-state index contributed by atoms with van der Waals surface area (Å²) in [6, 6.07) is 3.75. The van der Waals surface area contributed by atoms with E-state index in [-0.39, 0.29) is 23.0 Å². The van der Waals surface area contributed by atoms with E-state index < -0.39 is 11.8 Å². The summed E-state index contributed by atoms with van der Waals surface area (Å²) in [4.78, 5) is 10.8. The quantitative estimate of drug-likeness (QED) is 0.924. The second-order valence-corrected chi connectivity index (χ2v) is 5.57. The normalized spacial score (nSPS) is 24.1. The zero-order valence-electron chi connectivity index (χ0n) is 11.1. The van der Waals surface area contributed by atoms with Crippen molar-refractivity contribution in [1.29, 1.82) is 0 Å². The van der Waals surface area contributed by atoms with Crippen LogP contribution in [-0.2, 0) is 4.74 Å². The summed E-state index contributed by atoms with van der Waals surface area (Å²) in [6.45, 7) is 0.638. The number of carboxylic acid groups (broad SMARTS) is 1. The van der Waals surface area contributed by atoms with E-state index in [1.54, 1.807) is 0 Å². The van der Waals surface area contributed by atoms with Crippen LogP contribution in [0.4, 0.5) is 4.39 Å². The van der Waals surface area contributed by atoms with Gasteiger partial charge in [0.15, 0.2) is 11.6 Å². The third kappa shape index (κ3) is 2.50. The topological polar surface area (TPSA) is 55.8 Å². The van der Waals surface area contributed by atoms with Gasteiger partial charge >= 0.3 is 5.97 Å². The predicted molar refractivity (Wildman–Crippen MR) is 69.5 cm³/mol. The second-order valence-electron chi connectivity index (χ2n) is 5.57. The summed E-state index contributed by atoms with van der Waals surface area (Å²) in [5.41, 5.74) is -0.127. The molecule has 0 amide bonds. The number of hydrogen-bond acceptors (Lipinski definition) is 3. The lowest BCUT2D eigenvalue weighted by Crippen LogP contribution is -2.48. The van der Waals surface area contributed by atoms with Crippen molar-refractivity contribution in [3.05, 3.63) is 29.6 Å². The minimum absolute atomic E-state index is 0.0552. The van der Waals surface area contributed by atoms with E-state index in [4.69, 9.17) is 14.6 Å². The Labute approximate surface area is 116 Å². The molecule has 0 radical (unpaired) electrons. The van der Waals surface area contributed by atoms with E-state index in [2.05, 4.69) is 0 Å². The SMILES string of the molecule is O=C(O)c1ccc(OC2CCOC3(CCC3)C2)c(F)c1. The molecule has 2 aliphatic rings. The highest BCUT2D eigenvalue weighted by atomic mass is 19.1. The third-order valence-corrected chi connectivity index (χ3v) is 4.19. The number of ether oxygens (including phenoxy) is 2. The molecule has 5 heteroatoms. The van der Waals surface area contributed by atoms with Gasteiger partial charge in [-0.3, -0.25) is 0 Å². The number of hydrogen-bond donors (Lipinski definition) is 1. The van der Waals surface area contributed by atoms with Crippen LogP contribution in [-0.4, -0.2) is 29.4 Å². The largest absolute Gasteiger partial charge is 0.487 e. The van der Waals surface area contributed by atoms with Crippen LogP contribution in [0.3, 0.4) is 0 Å². The van der Waals surface area contributed by atoms with Crippen molar-refractivity contribution < 1.29 is 23.8 Å². The highest BCUT2D eigenvalue weighted by Gasteiger charge is 2.43. The molecule has 1 atom stereocenters. The number of rotatable bonds is 3. The van der Waals surface area contributed by atoms with Gasteiger partial charge in [-0.05, 0) is 37.5 Å². The van der Waals surface area contributed by atoms with Crippen LogP contribution in [0.5, 0.6) is 5.75 Å². The number of benzene rings is 1. The first kappa shape index (κ1) is 13.4. The molecule has 4 nitrogen and oxygen atoms in total. The number of carboxylic acids is 1. The smallest absolute Gasteiger partial charge is 0.335 e. The fourth-order valence-corrected chi connectivity index (χ4v) is 2.91. The van der Waals surface area contributed by atoms with Crippen LogP contribution in [0.15, 0.2) is 18.2 Å². The molecule has 1 unspecified atom stereocenters. The Balaban J connectivity index is 1.69. The Morgan fingerprint density at radius 3 is 2.85 bits per heavy atom. The number of aromatic carboxylic acids is 1. The van der Waals surface area contributed by atoms with Crippen LogP contribution in [0.25, 0.3) is 0 Å². The summed E-state index contributed by atoms with van der Waals surface area (Å²) in [7, 11) is 0. The summed E-state index contributed by atoms with van der Waals surface area (Å²) in [5, 5.41) is 8.81. The van der Waals surface area contributed by atoms with Gasteiger partial charge in [0.1, 0.15) is 6.10 Å². The van der Waals surface area contributed by atoms with E-state index in [9.17, 15) is 9.18 Å². The first-order valence-electron chi connectivity index (χ1n) is 6.91. The first-order chi connectivity index (χ1) is 9.58. The maximum Gasteiger partial charge on any atom is 0.335 e. The molecule has 1 heterocycles. The summed E-state index contributed by atoms with van der Waals surface area (Å²) < 4.78 is 25.3. The molecule has 1 aromatic rings. The second kappa shape index (κ2) is 5.05. The Morgan fingerprint density at radius 1 is 1.45 bits per heavy atom. The van der Waals surface area contributed by atoms with Gasteiger partial charge in [-0.15, -0.1) is 0 Å². The molecule has 20 heavy (non-hydrogen) atoms. The standard InChI is InChI=1S/C15H17FO4/c16-12-8-10(14(17)18)2-3-13(12)20-11-4-7-19-15(9-11)5-1-6-15/h2-3,8,11H,1,4-7,9H2,(H,17,18). The Hall–Kier alpha value is -1.62. The van der Waals surface area contributed by atoms with E-state index >= 15 is 0 Å². The van der Waals surface area contributed by atoms with Gasteiger partial charge < -0.3 is 14.6 Å². The summed E-state index contributed by atoms with van der Waals surface area (Å²) in [5.74, 6) is -1.65. The molecule has 1 aromatic carbocycles. The van der Waals surface area contributed by atoms with Crippen molar-refractivity contribution in [3.63, 3.8) is 0 Å². The highest BCUT2D eigenvalue weighted by Crippen LogP contribution is 2.43. The molecule has 108 valence electrons. The zero-order valence-corrected chi connectivity index (χ0v) is 11.1. The van der Waals surface area contributed by atoms with Crippen LogP contribution in [0.2, 0.25) is 0 Å². The fraction of sp³-hybridized carbons (Fsp3) is 0.533. The molecular formula is C15H17FO4. The highest BCUT2D eigenvalue weighted by molar-refractivity contribution is 5.87. The third-order valence-electron chi connectivity index (χ3n) is 4.19. The van der Waals surface area contributed by atoms with Crippen LogP contribution >= 0.6 is 0 Å². The van der Waals surface area contributed by atoms with Crippen molar-refractivity contribution in [2.45, 2.75) is 43.8 Å². The van der Waals surface area contributed by atoms with Gasteiger partial charge in [0.2, 0.25) is 0 Å². The van der Waals surface area contributed by atoms with Gasteiger partial charge in [-0.25, -0.2) is 9.18 Å². The number of halogens is 1. The van der Waals surface area contributed by atoms with Crippen LogP contribution < -0.4 is 4.74 Å². The molecule has 1 aliphatic heterocycles.